The number of nitrogens with zero attached hydrogens (tertiary/aromatic N) is 20. The lowest BCUT2D eigenvalue weighted by molar-refractivity contribution is -0.142. The quantitative estimate of drug-likeness (QED) is 0.0882. The van der Waals surface area contributed by atoms with E-state index in [9.17, 15) is 40.7 Å². The molecule has 0 saturated heterocycles. The SMILES string of the molecule is CCCC(OC(=O)OC(CCC)n1nnn(C)c1=NC(=O)c1ccc(C(F)(F)F)nc1CSCc1nnn(C)n1)n1nnn(C)c1=NC(=O)c1ccc(C(F)(F)F)nc1CSCc1nnn(C)n1. The van der Waals surface area contributed by atoms with Crippen LogP contribution in [0.1, 0.15) is 107 Å². The summed E-state index contributed by atoms with van der Waals surface area (Å²) >= 11 is 2.17. The van der Waals surface area contributed by atoms with Gasteiger partial charge in [0.15, 0.2) is 11.6 Å². The minimum Gasteiger partial charge on any atom is -0.408 e. The summed E-state index contributed by atoms with van der Waals surface area (Å²) in [6.07, 6.45) is -12.7. The molecule has 364 valence electrons. The van der Waals surface area contributed by atoms with Crippen LogP contribution < -0.4 is 11.2 Å². The molecule has 0 saturated carbocycles. The van der Waals surface area contributed by atoms with Gasteiger partial charge >= 0.3 is 18.5 Å². The van der Waals surface area contributed by atoms with Crippen molar-refractivity contribution in [1.82, 2.24) is 90.0 Å². The van der Waals surface area contributed by atoms with Crippen LogP contribution in [-0.4, -0.2) is 108 Å². The number of amides is 2. The molecule has 25 nitrogen and oxygen atoms in total. The maximum absolute atomic E-state index is 13.7. The normalized spacial score (nSPS) is 13.5. The predicted octanol–water partition coefficient (Wildman–Crippen LogP) is 3.22. The fourth-order valence-corrected chi connectivity index (χ4v) is 7.59. The third-order valence-corrected chi connectivity index (χ3v) is 10.9. The van der Waals surface area contributed by atoms with Gasteiger partial charge in [0.05, 0.1) is 48.1 Å². The Morgan fingerprint density at radius 3 is 1.34 bits per heavy atom. The first-order valence-electron chi connectivity index (χ1n) is 20.0. The highest BCUT2D eigenvalue weighted by atomic mass is 32.2. The van der Waals surface area contributed by atoms with E-state index in [1.54, 1.807) is 27.9 Å². The number of ether oxygens (including phenoxy) is 2. The first-order valence-corrected chi connectivity index (χ1v) is 22.3. The highest BCUT2D eigenvalue weighted by Crippen LogP contribution is 2.31. The summed E-state index contributed by atoms with van der Waals surface area (Å²) in [7, 11) is 5.84. The fraction of sp³-hybridized carbons (Fsp3) is 0.514. The van der Waals surface area contributed by atoms with Crippen molar-refractivity contribution in [3.8, 4) is 0 Å². The number of hydrogen-bond acceptors (Lipinski definition) is 19. The molecule has 0 aliphatic heterocycles. The van der Waals surface area contributed by atoms with Gasteiger partial charge in [-0.2, -0.15) is 55.3 Å². The van der Waals surface area contributed by atoms with Gasteiger partial charge in [-0.1, -0.05) is 26.7 Å². The summed E-state index contributed by atoms with van der Waals surface area (Å²) in [5, 5.41) is 39.0. The number of hydrogen-bond donors (Lipinski definition) is 0. The lowest BCUT2D eigenvalue weighted by Gasteiger charge is -2.20. The molecular weight excluding hydrogens is 959 g/mol. The van der Waals surface area contributed by atoms with Crippen molar-refractivity contribution >= 4 is 41.5 Å². The summed E-state index contributed by atoms with van der Waals surface area (Å²) in [6, 6.07) is 3.21. The summed E-state index contributed by atoms with van der Waals surface area (Å²) in [5.41, 5.74) is -3.97. The Balaban J connectivity index is 1.24. The minimum atomic E-state index is -4.82. The average Bonchev–Trinajstić information content (AvgIpc) is 4.07. The van der Waals surface area contributed by atoms with Gasteiger partial charge in [0.2, 0.25) is 12.5 Å². The zero-order valence-electron chi connectivity index (χ0n) is 36.7. The van der Waals surface area contributed by atoms with Gasteiger partial charge in [-0.25, -0.2) is 24.1 Å². The number of carbonyl (C=O) groups excluding carboxylic acids is 3. The third kappa shape index (κ3) is 12.7. The monoisotopic (exact) mass is 998 g/mol. The number of carbonyl (C=O) groups is 3. The molecule has 0 spiro atoms. The second-order valence-electron chi connectivity index (χ2n) is 14.3. The van der Waals surface area contributed by atoms with Crippen molar-refractivity contribution in [1.29, 1.82) is 0 Å². The summed E-state index contributed by atoms with van der Waals surface area (Å²) < 4.78 is 97.8. The van der Waals surface area contributed by atoms with Crippen LogP contribution in [0.15, 0.2) is 34.3 Å². The van der Waals surface area contributed by atoms with Gasteiger partial charge in [0, 0.05) is 38.4 Å². The topological polar surface area (TPSA) is 279 Å². The van der Waals surface area contributed by atoms with E-state index in [-0.39, 0.29) is 69.6 Å². The molecule has 0 N–H and O–H groups in total. The van der Waals surface area contributed by atoms with E-state index in [0.29, 0.717) is 36.6 Å². The third-order valence-electron chi connectivity index (χ3n) is 9.04. The van der Waals surface area contributed by atoms with E-state index in [2.05, 4.69) is 71.6 Å². The average molecular weight is 999 g/mol. The lowest BCUT2D eigenvalue weighted by Crippen LogP contribution is -2.35. The molecule has 2 atom stereocenters. The number of aryl methyl sites for hydroxylation is 4. The zero-order valence-corrected chi connectivity index (χ0v) is 38.3. The Morgan fingerprint density at radius 1 is 0.603 bits per heavy atom. The van der Waals surface area contributed by atoms with Crippen molar-refractivity contribution in [3.05, 3.63) is 81.1 Å². The molecule has 33 heteroatoms. The molecule has 0 bridgehead atoms. The number of halogens is 6. The Morgan fingerprint density at radius 2 is 1.00 bits per heavy atom. The van der Waals surface area contributed by atoms with Gasteiger partial charge in [-0.3, -0.25) is 9.59 Å². The largest absolute Gasteiger partial charge is 0.512 e. The number of alkyl halides is 6. The smallest absolute Gasteiger partial charge is 0.408 e. The number of thioether (sulfide) groups is 2. The van der Waals surface area contributed by atoms with Crippen molar-refractivity contribution in [2.45, 2.75) is 87.4 Å². The van der Waals surface area contributed by atoms with Gasteiger partial charge in [0.1, 0.15) is 11.4 Å². The maximum Gasteiger partial charge on any atom is 0.512 e. The van der Waals surface area contributed by atoms with Crippen LogP contribution in [0.2, 0.25) is 0 Å². The first-order chi connectivity index (χ1) is 32.2. The van der Waals surface area contributed by atoms with E-state index >= 15 is 0 Å². The summed E-state index contributed by atoms with van der Waals surface area (Å²) in [6.45, 7) is 3.50. The Labute approximate surface area is 387 Å². The lowest BCUT2D eigenvalue weighted by atomic mass is 10.1. The molecule has 0 fully saturated rings. The molecule has 0 aliphatic carbocycles. The number of pyridine rings is 2. The van der Waals surface area contributed by atoms with Crippen molar-refractivity contribution in [2.75, 3.05) is 0 Å². The minimum absolute atomic E-state index is 0.0676. The van der Waals surface area contributed by atoms with E-state index in [1.165, 1.54) is 23.7 Å². The Kier molecular flexibility index (Phi) is 16.2. The molecule has 68 heavy (non-hydrogen) atoms. The van der Waals surface area contributed by atoms with Gasteiger partial charge in [-0.15, -0.1) is 43.9 Å². The van der Waals surface area contributed by atoms with E-state index < -0.39 is 54.2 Å². The van der Waals surface area contributed by atoms with Crippen LogP contribution in [-0.2, 0) is 73.0 Å². The van der Waals surface area contributed by atoms with E-state index in [4.69, 9.17) is 9.47 Å². The van der Waals surface area contributed by atoms with Gasteiger partial charge in [-0.05, 0) is 55.5 Å². The zero-order chi connectivity index (χ0) is 49.3. The highest BCUT2D eigenvalue weighted by molar-refractivity contribution is 7.97. The fourth-order valence-electron chi connectivity index (χ4n) is 5.96. The van der Waals surface area contributed by atoms with Crippen molar-refractivity contribution in [3.63, 3.8) is 0 Å². The second-order valence-corrected chi connectivity index (χ2v) is 16.2. The second kappa shape index (κ2) is 21.8. The molecule has 6 aromatic rings. The Bertz CT molecular complexity index is 2700. The van der Waals surface area contributed by atoms with Crippen LogP contribution in [0.4, 0.5) is 31.1 Å². The molecule has 6 aromatic heterocycles. The molecule has 6 rings (SSSR count). The molecule has 0 radical (unpaired) electrons. The van der Waals surface area contributed by atoms with Crippen molar-refractivity contribution < 1.29 is 50.2 Å². The van der Waals surface area contributed by atoms with Crippen molar-refractivity contribution in [2.24, 2.45) is 38.2 Å². The summed E-state index contributed by atoms with van der Waals surface area (Å²) in [5.74, 6) is -1.48. The molecular formula is C35H40F6N20O5S2. The van der Waals surface area contributed by atoms with Gasteiger partial charge < -0.3 is 9.47 Å². The molecule has 6 heterocycles. The highest BCUT2D eigenvalue weighted by Gasteiger charge is 2.35. The van der Waals surface area contributed by atoms with Gasteiger partial charge in [0.25, 0.3) is 23.1 Å². The van der Waals surface area contributed by atoms with Crippen LogP contribution >= 0.6 is 23.5 Å². The number of aromatic nitrogens is 18. The van der Waals surface area contributed by atoms with Crippen LogP contribution in [0, 0.1) is 0 Å². The molecule has 2 unspecified atom stereocenters. The van der Waals surface area contributed by atoms with Crippen LogP contribution in [0.25, 0.3) is 0 Å². The number of rotatable bonds is 18. The maximum atomic E-state index is 13.7. The molecule has 0 aliphatic rings. The molecule has 2 amide bonds. The molecule has 0 aromatic carbocycles. The van der Waals surface area contributed by atoms with Crippen LogP contribution in [0.5, 0.6) is 0 Å². The first kappa shape index (κ1) is 50.5. The predicted molar refractivity (Wildman–Crippen MR) is 219 cm³/mol. The number of tetrazole rings is 4. The Hall–Kier alpha value is -6.93. The summed E-state index contributed by atoms with van der Waals surface area (Å²) in [4.78, 5) is 59.1. The van der Waals surface area contributed by atoms with E-state index in [1.807, 2.05) is 0 Å². The standard InChI is InChI=1S/C35H40F6N20O5S2/c1-7-9-27(60-31(56(3)52-54-60)44-29(62)19-11-13-23(34(36,37)38)42-21(19)15-67-17-25-46-50-58(5)48-25)65-33(64)66-28(10-8-2)61-32(57(4)53-55-61)45-30(63)20-12-14-24(35(39,40)41)43-22(20)16-68-18-26-47-51-59(6)49-26/h11-14,27-28H,7-10,15-18H2,1-6H3. The van der Waals surface area contributed by atoms with E-state index in [0.717, 1.165) is 54.4 Å². The van der Waals surface area contributed by atoms with Crippen LogP contribution in [0.3, 0.4) is 0 Å².